The van der Waals surface area contributed by atoms with E-state index in [-0.39, 0.29) is 24.1 Å². The van der Waals surface area contributed by atoms with E-state index in [0.29, 0.717) is 29.3 Å². The van der Waals surface area contributed by atoms with Gasteiger partial charge in [0.15, 0.2) is 5.82 Å². The molecule has 0 radical (unpaired) electrons. The molecule has 3 aromatic rings. The molecular formula is C24H24FN3O3. The van der Waals surface area contributed by atoms with Crippen LogP contribution in [0.25, 0.3) is 23.6 Å². The van der Waals surface area contributed by atoms with E-state index in [1.165, 1.54) is 11.6 Å². The van der Waals surface area contributed by atoms with Crippen molar-refractivity contribution in [2.45, 2.75) is 57.3 Å². The van der Waals surface area contributed by atoms with Crippen molar-refractivity contribution in [3.05, 3.63) is 57.2 Å². The molecule has 0 fully saturated rings. The van der Waals surface area contributed by atoms with Crippen molar-refractivity contribution in [2.75, 3.05) is 0 Å². The molecule has 0 spiro atoms. The number of hydrogen-bond acceptors (Lipinski definition) is 4. The van der Waals surface area contributed by atoms with E-state index < -0.39 is 5.97 Å². The van der Waals surface area contributed by atoms with E-state index in [0.717, 1.165) is 41.9 Å². The lowest BCUT2D eigenvalue weighted by atomic mass is 9.97. The molecule has 2 N–H and O–H groups in total. The van der Waals surface area contributed by atoms with Crippen LogP contribution >= 0.6 is 0 Å². The SMILES string of the molecule is CCCc1ccc(-c2nc(C3C=c4c5c([nH]c4=CC3)C(CC(=O)O)CC5)no2)cc1F. The Balaban J connectivity index is 1.43. The van der Waals surface area contributed by atoms with Gasteiger partial charge in [-0.2, -0.15) is 4.98 Å². The molecule has 2 heterocycles. The molecule has 2 aliphatic rings. The molecule has 1 aromatic carbocycles. The second-order valence-corrected chi connectivity index (χ2v) is 8.40. The number of nitrogens with zero attached hydrogens (tertiary/aromatic N) is 2. The Hall–Kier alpha value is -3.22. The summed E-state index contributed by atoms with van der Waals surface area (Å²) >= 11 is 0. The molecule has 0 saturated carbocycles. The molecular weight excluding hydrogens is 397 g/mol. The summed E-state index contributed by atoms with van der Waals surface area (Å²) in [6.45, 7) is 2.02. The number of benzene rings is 1. The molecule has 31 heavy (non-hydrogen) atoms. The number of aliphatic carboxylic acids is 1. The van der Waals surface area contributed by atoms with Crippen molar-refractivity contribution in [2.24, 2.45) is 0 Å². The molecule has 2 aromatic heterocycles. The van der Waals surface area contributed by atoms with Gasteiger partial charge < -0.3 is 14.6 Å². The average Bonchev–Trinajstić information content (AvgIpc) is 3.45. The first-order valence-electron chi connectivity index (χ1n) is 10.8. The van der Waals surface area contributed by atoms with Gasteiger partial charge in [-0.25, -0.2) is 4.39 Å². The highest BCUT2D eigenvalue weighted by Gasteiger charge is 2.29. The third-order valence-corrected chi connectivity index (χ3v) is 6.32. The van der Waals surface area contributed by atoms with Crippen LogP contribution in [-0.2, 0) is 17.6 Å². The largest absolute Gasteiger partial charge is 0.481 e. The van der Waals surface area contributed by atoms with Gasteiger partial charge in [0.2, 0.25) is 0 Å². The number of carbonyl (C=O) groups is 1. The van der Waals surface area contributed by atoms with Crippen LogP contribution < -0.4 is 10.6 Å². The zero-order chi connectivity index (χ0) is 21.5. The Kier molecular flexibility index (Phi) is 4.96. The predicted octanol–water partition coefficient (Wildman–Crippen LogP) is 3.41. The zero-order valence-corrected chi connectivity index (χ0v) is 17.3. The first-order valence-corrected chi connectivity index (χ1v) is 10.8. The van der Waals surface area contributed by atoms with Gasteiger partial charge in [0.1, 0.15) is 5.82 Å². The van der Waals surface area contributed by atoms with E-state index in [1.54, 1.807) is 6.07 Å². The molecule has 0 amide bonds. The Morgan fingerprint density at radius 1 is 1.39 bits per heavy atom. The topological polar surface area (TPSA) is 92.0 Å². The van der Waals surface area contributed by atoms with Crippen molar-refractivity contribution in [1.29, 1.82) is 0 Å². The summed E-state index contributed by atoms with van der Waals surface area (Å²) in [7, 11) is 0. The molecule has 7 heteroatoms. The third kappa shape index (κ3) is 3.58. The van der Waals surface area contributed by atoms with Gasteiger partial charge in [0.25, 0.3) is 5.89 Å². The van der Waals surface area contributed by atoms with E-state index in [9.17, 15) is 9.18 Å². The highest BCUT2D eigenvalue weighted by atomic mass is 19.1. The van der Waals surface area contributed by atoms with Crippen LogP contribution in [0.4, 0.5) is 4.39 Å². The van der Waals surface area contributed by atoms with Gasteiger partial charge in [-0.1, -0.05) is 36.7 Å². The quantitative estimate of drug-likeness (QED) is 0.636. The fourth-order valence-electron chi connectivity index (χ4n) is 4.79. The maximum atomic E-state index is 14.3. The smallest absolute Gasteiger partial charge is 0.304 e. The van der Waals surface area contributed by atoms with Crippen LogP contribution in [0, 0.1) is 5.82 Å². The minimum atomic E-state index is -0.769. The number of halogens is 1. The fourth-order valence-corrected chi connectivity index (χ4v) is 4.79. The summed E-state index contributed by atoms with van der Waals surface area (Å²) in [6.07, 6.45) is 8.44. The van der Waals surface area contributed by atoms with Gasteiger partial charge in [-0.15, -0.1) is 0 Å². The van der Waals surface area contributed by atoms with Crippen molar-refractivity contribution >= 4 is 18.1 Å². The summed E-state index contributed by atoms with van der Waals surface area (Å²) in [4.78, 5) is 19.1. The maximum Gasteiger partial charge on any atom is 0.304 e. The van der Waals surface area contributed by atoms with Gasteiger partial charge in [-0.3, -0.25) is 4.79 Å². The number of carboxylic acids is 1. The van der Waals surface area contributed by atoms with Crippen LogP contribution in [0.1, 0.15) is 67.1 Å². The summed E-state index contributed by atoms with van der Waals surface area (Å²) in [5.74, 6) is -0.120. The van der Waals surface area contributed by atoms with Gasteiger partial charge in [0.05, 0.1) is 6.42 Å². The van der Waals surface area contributed by atoms with Crippen molar-refractivity contribution in [3.63, 3.8) is 0 Å². The number of H-pyrrole nitrogens is 1. The van der Waals surface area contributed by atoms with Crippen molar-refractivity contribution in [3.8, 4) is 11.5 Å². The van der Waals surface area contributed by atoms with E-state index in [4.69, 9.17) is 9.63 Å². The van der Waals surface area contributed by atoms with Gasteiger partial charge in [-0.05, 0) is 54.2 Å². The van der Waals surface area contributed by atoms with Crippen LogP contribution in [0.2, 0.25) is 0 Å². The number of hydrogen-bond donors (Lipinski definition) is 2. The lowest BCUT2D eigenvalue weighted by Crippen LogP contribution is -2.29. The standard InChI is InChI=1S/C24H24FN3O3/c1-2-3-13-4-5-16(11-19(13)25)24-27-23(28-31-24)15-7-9-20-18(10-15)17-8-6-14(12-21(29)30)22(17)26-20/h4-5,9-11,14-15,26H,2-3,6-8,12H2,1H3,(H,29,30). The Morgan fingerprint density at radius 3 is 3.03 bits per heavy atom. The Labute approximate surface area is 178 Å². The molecule has 2 unspecified atom stereocenters. The highest BCUT2D eigenvalue weighted by Crippen LogP contribution is 2.33. The fraction of sp³-hybridized carbons (Fsp3) is 0.375. The lowest BCUT2D eigenvalue weighted by molar-refractivity contribution is -0.137. The van der Waals surface area contributed by atoms with Crippen molar-refractivity contribution in [1.82, 2.24) is 15.1 Å². The molecule has 5 rings (SSSR count). The van der Waals surface area contributed by atoms with Crippen LogP contribution in [0.3, 0.4) is 0 Å². The summed E-state index contributed by atoms with van der Waals surface area (Å²) in [5.41, 5.74) is 3.53. The molecule has 2 aliphatic carbocycles. The van der Waals surface area contributed by atoms with Crippen molar-refractivity contribution < 1.29 is 18.8 Å². The van der Waals surface area contributed by atoms with Crippen LogP contribution in [0.15, 0.2) is 22.7 Å². The molecule has 160 valence electrons. The number of rotatable bonds is 6. The Morgan fingerprint density at radius 2 is 2.26 bits per heavy atom. The molecule has 6 nitrogen and oxygen atoms in total. The highest BCUT2D eigenvalue weighted by molar-refractivity contribution is 5.68. The second kappa shape index (κ2) is 7.80. The van der Waals surface area contributed by atoms with Gasteiger partial charge >= 0.3 is 5.97 Å². The maximum absolute atomic E-state index is 14.3. The van der Waals surface area contributed by atoms with Gasteiger partial charge in [0, 0.05) is 28.4 Å². The minimum absolute atomic E-state index is 0.0346. The molecule has 0 saturated heterocycles. The summed E-state index contributed by atoms with van der Waals surface area (Å²) in [6, 6.07) is 5.06. The molecule has 0 bridgehead atoms. The second-order valence-electron chi connectivity index (χ2n) is 8.40. The number of aryl methyl sites for hydroxylation is 1. The van der Waals surface area contributed by atoms with E-state index in [2.05, 4.69) is 27.3 Å². The normalized spacial score (nSPS) is 19.4. The Bertz CT molecular complexity index is 1270. The number of carboxylic acid groups (broad SMARTS) is 1. The third-order valence-electron chi connectivity index (χ3n) is 6.32. The molecule has 0 aliphatic heterocycles. The molecule has 2 atom stereocenters. The van der Waals surface area contributed by atoms with Crippen LogP contribution in [0.5, 0.6) is 0 Å². The first kappa shape index (κ1) is 19.7. The van der Waals surface area contributed by atoms with E-state index >= 15 is 0 Å². The number of nitrogens with one attached hydrogen (secondary N) is 1. The summed E-state index contributed by atoms with van der Waals surface area (Å²) in [5, 5.41) is 15.5. The number of aromatic nitrogens is 3. The van der Waals surface area contributed by atoms with Crippen LogP contribution in [-0.4, -0.2) is 26.2 Å². The van der Waals surface area contributed by atoms with E-state index in [1.807, 2.05) is 13.0 Å². The zero-order valence-electron chi connectivity index (χ0n) is 17.3. The first-order chi connectivity index (χ1) is 15.0. The monoisotopic (exact) mass is 421 g/mol. The average molecular weight is 421 g/mol. The minimum Gasteiger partial charge on any atom is -0.481 e. The summed E-state index contributed by atoms with van der Waals surface area (Å²) < 4.78 is 19.8. The predicted molar refractivity (Wildman–Crippen MR) is 113 cm³/mol. The lowest BCUT2D eigenvalue weighted by Gasteiger charge is -2.08. The number of aromatic amines is 1. The number of fused-ring (bicyclic) bond motifs is 3.